The molecule has 26 heavy (non-hydrogen) atoms. The number of nitrogens with zero attached hydrogens (tertiary/aromatic N) is 3. The molecule has 0 aliphatic rings. The monoisotopic (exact) mass is 379 g/mol. The van der Waals surface area contributed by atoms with Crippen LogP contribution >= 0.6 is 11.8 Å². The molecule has 0 N–H and O–H groups in total. The zero-order valence-corrected chi connectivity index (χ0v) is 18.3. The molecule has 2 heterocycles. The number of aryl methyl sites for hydroxylation is 1. The molecule has 2 aromatic heterocycles. The van der Waals surface area contributed by atoms with E-state index in [0.717, 1.165) is 10.5 Å². The number of carbonyl (C=O) groups is 1. The minimum atomic E-state index is -1.23. The first-order chi connectivity index (χ1) is 11.8. The van der Waals surface area contributed by atoms with E-state index in [1.807, 2.05) is 38.2 Å². The van der Waals surface area contributed by atoms with Gasteiger partial charge in [-0.1, -0.05) is 6.07 Å². The molecule has 1 aromatic carbocycles. The summed E-state index contributed by atoms with van der Waals surface area (Å²) in [5.41, 5.74) is 1.79. The number of carboxylic acid groups (broad SMARTS) is 1. The normalized spacial score (nSPS) is 10.8. The topological polar surface area (TPSA) is 78.3 Å². The van der Waals surface area contributed by atoms with Gasteiger partial charge in [0.15, 0.2) is 5.43 Å². The summed E-state index contributed by atoms with van der Waals surface area (Å²) >= 11 is 1.48. The SMILES string of the molecule is CSc1c(C)ccc2c(=O)c3ccc(N(C)C)nc3n(CC(=O)[O-])c12.[Na+]. The molecule has 130 valence electrons. The van der Waals surface area contributed by atoms with Crippen molar-refractivity contribution in [3.8, 4) is 0 Å². The van der Waals surface area contributed by atoms with Crippen LogP contribution < -0.4 is 45.0 Å². The zero-order chi connectivity index (χ0) is 18.3. The molecule has 0 atom stereocenters. The van der Waals surface area contributed by atoms with Crippen LogP contribution in [0.4, 0.5) is 5.82 Å². The third kappa shape index (κ3) is 3.49. The van der Waals surface area contributed by atoms with Gasteiger partial charge >= 0.3 is 29.6 Å². The average molecular weight is 379 g/mol. The van der Waals surface area contributed by atoms with Gasteiger partial charge in [-0.15, -0.1) is 11.8 Å². The Hall–Kier alpha value is -1.54. The van der Waals surface area contributed by atoms with Crippen molar-refractivity contribution in [3.63, 3.8) is 0 Å². The third-order valence-corrected chi connectivity index (χ3v) is 5.08. The molecule has 0 aliphatic carbocycles. The van der Waals surface area contributed by atoms with Gasteiger partial charge in [0.25, 0.3) is 0 Å². The van der Waals surface area contributed by atoms with Crippen LogP contribution in [0.5, 0.6) is 0 Å². The van der Waals surface area contributed by atoms with Crippen molar-refractivity contribution >= 4 is 45.5 Å². The second-order valence-electron chi connectivity index (χ2n) is 6.03. The van der Waals surface area contributed by atoms with Gasteiger partial charge in [0.2, 0.25) is 0 Å². The summed E-state index contributed by atoms with van der Waals surface area (Å²) in [5, 5.41) is 12.3. The van der Waals surface area contributed by atoms with E-state index in [1.165, 1.54) is 11.8 Å². The number of hydrogen-bond donors (Lipinski definition) is 0. The number of carbonyl (C=O) groups excluding carboxylic acids is 1. The van der Waals surface area contributed by atoms with Gasteiger partial charge in [0, 0.05) is 24.4 Å². The van der Waals surface area contributed by atoms with Crippen LogP contribution in [0.25, 0.3) is 21.9 Å². The largest absolute Gasteiger partial charge is 1.00 e. The van der Waals surface area contributed by atoms with Crippen molar-refractivity contribution in [2.75, 3.05) is 25.3 Å². The number of thioether (sulfide) groups is 1. The maximum atomic E-state index is 12.9. The van der Waals surface area contributed by atoms with E-state index < -0.39 is 5.97 Å². The Labute approximate surface area is 177 Å². The van der Waals surface area contributed by atoms with Gasteiger partial charge < -0.3 is 19.4 Å². The minimum absolute atomic E-state index is 0. The molecule has 0 amide bonds. The minimum Gasteiger partial charge on any atom is -0.548 e. The molecule has 0 aliphatic heterocycles. The predicted molar refractivity (Wildman–Crippen MR) is 99.4 cm³/mol. The summed E-state index contributed by atoms with van der Waals surface area (Å²) in [5.74, 6) is -0.575. The Morgan fingerprint density at radius 1 is 1.23 bits per heavy atom. The maximum Gasteiger partial charge on any atom is 1.00 e. The molecule has 0 saturated carbocycles. The average Bonchev–Trinajstić information content (AvgIpc) is 2.57. The molecule has 0 unspecified atom stereocenters. The van der Waals surface area contributed by atoms with Crippen molar-refractivity contribution in [1.82, 2.24) is 9.55 Å². The first-order valence-electron chi connectivity index (χ1n) is 7.73. The third-order valence-electron chi connectivity index (χ3n) is 4.15. The molecule has 0 radical (unpaired) electrons. The van der Waals surface area contributed by atoms with Crippen LogP contribution in [0, 0.1) is 6.92 Å². The van der Waals surface area contributed by atoms with E-state index in [1.54, 1.807) is 22.8 Å². The maximum absolute atomic E-state index is 12.9. The first-order valence-corrected chi connectivity index (χ1v) is 8.95. The van der Waals surface area contributed by atoms with E-state index in [0.29, 0.717) is 27.8 Å². The first kappa shape index (κ1) is 20.8. The zero-order valence-electron chi connectivity index (χ0n) is 15.5. The Morgan fingerprint density at radius 2 is 1.88 bits per heavy atom. The molecule has 0 saturated heterocycles. The number of benzene rings is 1. The van der Waals surface area contributed by atoms with Gasteiger partial charge in [0.1, 0.15) is 11.5 Å². The molecular weight excluding hydrogens is 361 g/mol. The Kier molecular flexibility index (Phi) is 6.39. The van der Waals surface area contributed by atoms with E-state index in [-0.39, 0.29) is 41.5 Å². The summed E-state index contributed by atoms with van der Waals surface area (Å²) in [6.45, 7) is 1.57. The summed E-state index contributed by atoms with van der Waals surface area (Å²) in [6, 6.07) is 7.08. The summed E-state index contributed by atoms with van der Waals surface area (Å²) in [6.07, 6.45) is 1.91. The number of pyridine rings is 2. The van der Waals surface area contributed by atoms with E-state index in [4.69, 9.17) is 0 Å². The number of carboxylic acids is 1. The van der Waals surface area contributed by atoms with Gasteiger partial charge in [-0.3, -0.25) is 4.79 Å². The van der Waals surface area contributed by atoms with Gasteiger partial charge in [-0.2, -0.15) is 0 Å². The quantitative estimate of drug-likeness (QED) is 0.309. The van der Waals surface area contributed by atoms with Crippen LogP contribution in [0.1, 0.15) is 5.56 Å². The van der Waals surface area contributed by atoms with E-state index >= 15 is 0 Å². The van der Waals surface area contributed by atoms with Gasteiger partial charge in [-0.25, -0.2) is 4.98 Å². The van der Waals surface area contributed by atoms with Crippen molar-refractivity contribution in [1.29, 1.82) is 0 Å². The fourth-order valence-electron chi connectivity index (χ4n) is 2.99. The number of fused-ring (bicyclic) bond motifs is 2. The summed E-state index contributed by atoms with van der Waals surface area (Å²) in [7, 11) is 3.68. The Bertz CT molecular complexity index is 1060. The molecule has 0 fully saturated rings. The van der Waals surface area contributed by atoms with Crippen LogP contribution in [0.2, 0.25) is 0 Å². The second-order valence-corrected chi connectivity index (χ2v) is 6.85. The van der Waals surface area contributed by atoms with Crippen molar-refractivity contribution in [2.45, 2.75) is 18.4 Å². The van der Waals surface area contributed by atoms with Crippen LogP contribution in [-0.4, -0.2) is 35.9 Å². The number of aromatic nitrogens is 2. The molecule has 6 nitrogen and oxygen atoms in total. The summed E-state index contributed by atoms with van der Waals surface area (Å²) < 4.78 is 1.58. The molecule has 0 bridgehead atoms. The smallest absolute Gasteiger partial charge is 0.548 e. The Morgan fingerprint density at radius 3 is 2.46 bits per heavy atom. The predicted octanol–water partition coefficient (Wildman–Crippen LogP) is -1.60. The Balaban J connectivity index is 0.00000243. The molecular formula is C18H18N3NaO3S. The number of hydrogen-bond acceptors (Lipinski definition) is 6. The molecule has 0 spiro atoms. The number of anilines is 1. The van der Waals surface area contributed by atoms with Gasteiger partial charge in [0.05, 0.1) is 23.4 Å². The fraction of sp³-hybridized carbons (Fsp3) is 0.278. The second kappa shape index (κ2) is 8.00. The van der Waals surface area contributed by atoms with Crippen molar-refractivity contribution < 1.29 is 39.5 Å². The molecule has 8 heteroatoms. The fourth-order valence-corrected chi connectivity index (χ4v) is 3.79. The van der Waals surface area contributed by atoms with Crippen molar-refractivity contribution in [2.24, 2.45) is 0 Å². The number of rotatable bonds is 4. The molecule has 3 aromatic rings. The van der Waals surface area contributed by atoms with Crippen LogP contribution in [-0.2, 0) is 11.3 Å². The van der Waals surface area contributed by atoms with Crippen molar-refractivity contribution in [3.05, 3.63) is 40.1 Å². The number of aliphatic carboxylic acids is 1. The van der Waals surface area contributed by atoms with E-state index in [2.05, 4.69) is 4.98 Å². The van der Waals surface area contributed by atoms with Crippen LogP contribution in [0.15, 0.2) is 34.0 Å². The van der Waals surface area contributed by atoms with E-state index in [9.17, 15) is 14.7 Å². The standard InChI is InChI=1S/C18H19N3O3S.Na/c1-10-5-6-11-15(17(10)25-4)21(9-14(22)23)18-12(16(11)24)7-8-13(19-18)20(2)3;/h5-8H,9H2,1-4H3,(H,22,23);/q;+1/p-1. The van der Waals surface area contributed by atoms with Crippen LogP contribution in [0.3, 0.4) is 0 Å². The molecule has 3 rings (SSSR count). The summed E-state index contributed by atoms with van der Waals surface area (Å²) in [4.78, 5) is 31.5. The van der Waals surface area contributed by atoms with Gasteiger partial charge in [-0.05, 0) is 36.9 Å².